The summed E-state index contributed by atoms with van der Waals surface area (Å²) in [7, 11) is -3.68. The molecule has 2 heterocycles. The fourth-order valence-electron chi connectivity index (χ4n) is 3.06. The maximum Gasteiger partial charge on any atom is 0.420 e. The van der Waals surface area contributed by atoms with Gasteiger partial charge in [0.2, 0.25) is 10.0 Å². The molecule has 24 heavy (non-hydrogen) atoms. The number of hydrogen-bond donors (Lipinski definition) is 1. The summed E-state index contributed by atoms with van der Waals surface area (Å²) in [5.41, 5.74) is 0.319. The Kier molecular flexibility index (Phi) is 4.22. The minimum Gasteiger partial charge on any atom is -0.480 e. The number of sulfonamides is 1. The molecule has 0 radical (unpaired) electrons. The van der Waals surface area contributed by atoms with Crippen LogP contribution in [0.3, 0.4) is 0 Å². The zero-order valence-corrected chi connectivity index (χ0v) is 14.0. The molecule has 1 fully saturated rings. The molecule has 8 nitrogen and oxygen atoms in total. The van der Waals surface area contributed by atoms with Crippen molar-refractivity contribution >= 4 is 27.1 Å². The van der Waals surface area contributed by atoms with Crippen LogP contribution in [0.1, 0.15) is 26.2 Å². The normalized spacial score (nSPS) is 19.6. The van der Waals surface area contributed by atoms with Crippen molar-refractivity contribution < 1.29 is 22.7 Å². The van der Waals surface area contributed by atoms with Crippen molar-refractivity contribution in [1.82, 2.24) is 8.87 Å². The number of piperidine rings is 1. The summed E-state index contributed by atoms with van der Waals surface area (Å²) < 4.78 is 33.1. The minimum atomic E-state index is -3.68. The van der Waals surface area contributed by atoms with Crippen molar-refractivity contribution in [3.8, 4) is 0 Å². The van der Waals surface area contributed by atoms with Crippen molar-refractivity contribution in [3.63, 3.8) is 0 Å². The fourth-order valence-corrected chi connectivity index (χ4v) is 4.77. The molecule has 3 rings (SSSR count). The highest BCUT2D eigenvalue weighted by atomic mass is 32.2. The first-order valence-corrected chi connectivity index (χ1v) is 9.12. The number of oxazole rings is 1. The number of benzene rings is 1. The van der Waals surface area contributed by atoms with Crippen LogP contribution in [-0.4, -0.2) is 41.0 Å². The molecular weight excluding hydrogens is 336 g/mol. The van der Waals surface area contributed by atoms with Crippen molar-refractivity contribution in [1.29, 1.82) is 0 Å². The molecule has 0 aliphatic carbocycles. The van der Waals surface area contributed by atoms with Crippen LogP contribution >= 0.6 is 0 Å². The Balaban J connectivity index is 2.05. The van der Waals surface area contributed by atoms with Crippen molar-refractivity contribution in [3.05, 3.63) is 28.7 Å². The summed E-state index contributed by atoms with van der Waals surface area (Å²) in [5.74, 6) is -2.01. The molecule has 1 N–H and O–H groups in total. The number of nitrogens with zero attached hydrogens (tertiary/aromatic N) is 2. The molecule has 1 saturated heterocycles. The Bertz CT molecular complexity index is 943. The third kappa shape index (κ3) is 2.84. The molecule has 1 aromatic heterocycles. The number of rotatable bonds is 4. The summed E-state index contributed by atoms with van der Waals surface area (Å²) in [6.45, 7) is 1.80. The molecule has 0 saturated carbocycles. The molecule has 0 unspecified atom stereocenters. The van der Waals surface area contributed by atoms with Crippen molar-refractivity contribution in [2.45, 2.75) is 43.7 Å². The first-order chi connectivity index (χ1) is 11.3. The number of carboxylic acid groups (broad SMARTS) is 1. The van der Waals surface area contributed by atoms with Crippen LogP contribution in [0.2, 0.25) is 0 Å². The topological polar surface area (TPSA) is 110 Å². The summed E-state index contributed by atoms with van der Waals surface area (Å²) in [6, 6.07) is 3.99. The van der Waals surface area contributed by atoms with Crippen LogP contribution in [0.15, 0.2) is 32.3 Å². The van der Waals surface area contributed by atoms with E-state index in [0.717, 1.165) is 23.8 Å². The first-order valence-electron chi connectivity index (χ1n) is 7.68. The van der Waals surface area contributed by atoms with Gasteiger partial charge in [-0.2, -0.15) is 4.31 Å². The number of carboxylic acids is 1. The Morgan fingerprint density at radius 2 is 2.12 bits per heavy atom. The lowest BCUT2D eigenvalue weighted by atomic mass is 10.1. The predicted octanol–water partition coefficient (Wildman–Crippen LogP) is 1.24. The summed E-state index contributed by atoms with van der Waals surface area (Å²) in [5, 5.41) is 8.85. The van der Waals surface area contributed by atoms with E-state index in [1.165, 1.54) is 22.5 Å². The second-order valence-electron chi connectivity index (χ2n) is 5.94. The summed E-state index contributed by atoms with van der Waals surface area (Å²) >= 11 is 0. The molecule has 0 amide bonds. The van der Waals surface area contributed by atoms with Gasteiger partial charge in [0, 0.05) is 18.7 Å². The zero-order chi connectivity index (χ0) is 17.5. The molecule has 1 aliphatic rings. The SMILES string of the molecule is C[C@@H]1CCCCN1S(=O)(=O)c1ccc2c(c1)oc(=O)n2CC(=O)O. The van der Waals surface area contributed by atoms with E-state index in [0.29, 0.717) is 6.54 Å². The van der Waals surface area contributed by atoms with E-state index in [2.05, 4.69) is 0 Å². The van der Waals surface area contributed by atoms with Gasteiger partial charge in [0.15, 0.2) is 5.58 Å². The number of hydrogen-bond acceptors (Lipinski definition) is 5. The van der Waals surface area contributed by atoms with Crippen molar-refractivity contribution in [2.24, 2.45) is 0 Å². The minimum absolute atomic E-state index is 0.0416. The van der Waals surface area contributed by atoms with Crippen LogP contribution < -0.4 is 5.76 Å². The van der Waals surface area contributed by atoms with Crippen LogP contribution in [0.25, 0.3) is 11.1 Å². The van der Waals surface area contributed by atoms with E-state index in [4.69, 9.17) is 9.52 Å². The van der Waals surface area contributed by atoms with Crippen LogP contribution in [0, 0.1) is 0 Å². The van der Waals surface area contributed by atoms with Gasteiger partial charge >= 0.3 is 11.7 Å². The van der Waals surface area contributed by atoms with Crippen LogP contribution in [0.4, 0.5) is 0 Å². The van der Waals surface area contributed by atoms with Gasteiger partial charge in [-0.25, -0.2) is 13.2 Å². The van der Waals surface area contributed by atoms with Gasteiger partial charge in [-0.15, -0.1) is 0 Å². The largest absolute Gasteiger partial charge is 0.480 e. The lowest BCUT2D eigenvalue weighted by molar-refractivity contribution is -0.137. The molecule has 0 spiro atoms. The average Bonchev–Trinajstić information content (AvgIpc) is 2.82. The standard InChI is InChI=1S/C15H18N2O6S/c1-10-4-2-3-7-17(10)24(21,22)11-5-6-12-13(8-11)23-15(20)16(12)9-14(18)19/h5-6,8,10H,2-4,7,9H2,1H3,(H,18,19)/t10-/m1/s1. The van der Waals surface area contributed by atoms with Crippen LogP contribution in [0.5, 0.6) is 0 Å². The van der Waals surface area contributed by atoms with E-state index < -0.39 is 28.3 Å². The molecular formula is C15H18N2O6S. The zero-order valence-electron chi connectivity index (χ0n) is 13.1. The average molecular weight is 354 g/mol. The van der Waals surface area contributed by atoms with Gasteiger partial charge in [-0.1, -0.05) is 6.42 Å². The van der Waals surface area contributed by atoms with Gasteiger partial charge in [0.1, 0.15) is 6.54 Å². The summed E-state index contributed by atoms with van der Waals surface area (Å²) in [4.78, 5) is 22.6. The second-order valence-corrected chi connectivity index (χ2v) is 7.83. The summed E-state index contributed by atoms with van der Waals surface area (Å²) in [6.07, 6.45) is 2.63. The smallest absolute Gasteiger partial charge is 0.420 e. The quantitative estimate of drug-likeness (QED) is 0.885. The van der Waals surface area contributed by atoms with Gasteiger partial charge in [0.05, 0.1) is 10.4 Å². The predicted molar refractivity (Wildman–Crippen MR) is 85.3 cm³/mol. The second kappa shape index (κ2) is 6.06. The molecule has 1 atom stereocenters. The van der Waals surface area contributed by atoms with Gasteiger partial charge in [-0.05, 0) is 31.9 Å². The first kappa shape index (κ1) is 16.7. The molecule has 130 valence electrons. The maximum atomic E-state index is 12.8. The highest BCUT2D eigenvalue weighted by molar-refractivity contribution is 7.89. The van der Waals surface area contributed by atoms with Gasteiger partial charge in [0.25, 0.3) is 0 Å². The third-order valence-electron chi connectivity index (χ3n) is 4.28. The Labute approximate surface area is 138 Å². The molecule has 0 bridgehead atoms. The van der Waals surface area contributed by atoms with E-state index in [-0.39, 0.29) is 22.0 Å². The van der Waals surface area contributed by atoms with E-state index in [9.17, 15) is 18.0 Å². The Morgan fingerprint density at radius 1 is 1.38 bits per heavy atom. The Hall–Kier alpha value is -2.13. The number of fused-ring (bicyclic) bond motifs is 1. The highest BCUT2D eigenvalue weighted by Gasteiger charge is 2.31. The lowest BCUT2D eigenvalue weighted by Gasteiger charge is -2.32. The fraction of sp³-hybridized carbons (Fsp3) is 0.467. The monoisotopic (exact) mass is 354 g/mol. The number of aromatic nitrogens is 1. The molecule has 2 aromatic rings. The molecule has 1 aliphatic heterocycles. The van der Waals surface area contributed by atoms with E-state index >= 15 is 0 Å². The molecule has 9 heteroatoms. The maximum absolute atomic E-state index is 12.8. The van der Waals surface area contributed by atoms with E-state index in [1.54, 1.807) is 0 Å². The number of carbonyl (C=O) groups is 1. The van der Waals surface area contributed by atoms with Gasteiger partial charge < -0.3 is 9.52 Å². The highest BCUT2D eigenvalue weighted by Crippen LogP contribution is 2.27. The van der Waals surface area contributed by atoms with E-state index in [1.807, 2.05) is 6.92 Å². The number of aliphatic carboxylic acids is 1. The lowest BCUT2D eigenvalue weighted by Crippen LogP contribution is -2.41. The Morgan fingerprint density at radius 3 is 2.79 bits per heavy atom. The van der Waals surface area contributed by atoms with Crippen LogP contribution in [-0.2, 0) is 21.4 Å². The molecule has 1 aromatic carbocycles. The van der Waals surface area contributed by atoms with Gasteiger partial charge in [-0.3, -0.25) is 9.36 Å². The third-order valence-corrected chi connectivity index (χ3v) is 6.29. The van der Waals surface area contributed by atoms with Crippen molar-refractivity contribution in [2.75, 3.05) is 6.54 Å².